The Hall–Kier alpha value is -1.95. The van der Waals surface area contributed by atoms with E-state index < -0.39 is 5.82 Å². The molecule has 4 nitrogen and oxygen atoms in total. The van der Waals surface area contributed by atoms with Crippen LogP contribution in [0.5, 0.6) is 0 Å². The number of thiocarbonyl (C=S) groups is 1. The molecule has 100 valence electrons. The van der Waals surface area contributed by atoms with Crippen LogP contribution in [0, 0.1) is 5.82 Å². The van der Waals surface area contributed by atoms with Gasteiger partial charge in [0.2, 0.25) is 0 Å². The van der Waals surface area contributed by atoms with E-state index in [1.165, 1.54) is 6.07 Å². The molecule has 3 N–H and O–H groups in total. The topological polar surface area (TPSA) is 55.9 Å². The van der Waals surface area contributed by atoms with E-state index in [1.807, 2.05) is 13.8 Å². The van der Waals surface area contributed by atoms with Gasteiger partial charge in [0.15, 0.2) is 0 Å². The normalized spacial score (nSPS) is 10.7. The van der Waals surface area contributed by atoms with E-state index in [0.717, 1.165) is 5.82 Å². The molecule has 0 aliphatic rings. The maximum Gasteiger partial charge on any atom is 0.147 e. The maximum absolute atomic E-state index is 13.9. The maximum atomic E-state index is 13.9. The number of hydrogen-bond donors (Lipinski definition) is 2. The first-order valence-corrected chi connectivity index (χ1v) is 6.29. The van der Waals surface area contributed by atoms with Crippen molar-refractivity contribution < 1.29 is 4.39 Å². The fourth-order valence-corrected chi connectivity index (χ4v) is 1.86. The van der Waals surface area contributed by atoms with E-state index in [0.29, 0.717) is 11.3 Å². The summed E-state index contributed by atoms with van der Waals surface area (Å²) in [6.07, 6.45) is 1.67. The van der Waals surface area contributed by atoms with Gasteiger partial charge >= 0.3 is 0 Å². The van der Waals surface area contributed by atoms with Crippen LogP contribution in [0.15, 0.2) is 30.5 Å². The van der Waals surface area contributed by atoms with Crippen LogP contribution in [0.3, 0.4) is 0 Å². The standard InChI is InChI=1S/C13H15FN4S/c1-8(2)18-12(5-6-16-18)17-11-4-3-9(13(15)19)7-10(11)14/h3-8,17H,1-2H3,(H2,15,19). The molecule has 6 heteroatoms. The van der Waals surface area contributed by atoms with Crippen LogP contribution in [0.2, 0.25) is 0 Å². The Balaban J connectivity index is 2.28. The van der Waals surface area contributed by atoms with Crippen molar-refractivity contribution in [3.63, 3.8) is 0 Å². The zero-order chi connectivity index (χ0) is 14.0. The molecule has 2 rings (SSSR count). The molecular weight excluding hydrogens is 263 g/mol. The lowest BCUT2D eigenvalue weighted by molar-refractivity contribution is 0.539. The van der Waals surface area contributed by atoms with Crippen molar-refractivity contribution in [3.05, 3.63) is 41.8 Å². The predicted octanol–water partition coefficient (Wildman–Crippen LogP) is 2.98. The second kappa shape index (κ2) is 5.36. The van der Waals surface area contributed by atoms with Gasteiger partial charge in [0, 0.05) is 17.7 Å². The molecule has 1 aromatic carbocycles. The van der Waals surface area contributed by atoms with E-state index >= 15 is 0 Å². The van der Waals surface area contributed by atoms with Crippen LogP contribution in [0.25, 0.3) is 0 Å². The summed E-state index contributed by atoms with van der Waals surface area (Å²) in [5, 5.41) is 7.19. The molecule has 0 unspecified atom stereocenters. The molecule has 0 saturated heterocycles. The highest BCUT2D eigenvalue weighted by atomic mass is 32.1. The van der Waals surface area contributed by atoms with E-state index in [1.54, 1.807) is 29.1 Å². The van der Waals surface area contributed by atoms with Crippen LogP contribution >= 0.6 is 12.2 Å². The third-order valence-electron chi connectivity index (χ3n) is 2.68. The molecule has 0 aliphatic carbocycles. The minimum Gasteiger partial charge on any atom is -0.389 e. The molecule has 1 heterocycles. The number of benzene rings is 1. The summed E-state index contributed by atoms with van der Waals surface area (Å²) >= 11 is 4.81. The number of hydrogen-bond acceptors (Lipinski definition) is 3. The Morgan fingerprint density at radius 3 is 2.74 bits per heavy atom. The van der Waals surface area contributed by atoms with Gasteiger partial charge in [0.1, 0.15) is 16.6 Å². The van der Waals surface area contributed by atoms with Gasteiger partial charge < -0.3 is 11.1 Å². The number of halogens is 1. The van der Waals surface area contributed by atoms with Crippen molar-refractivity contribution in [2.24, 2.45) is 5.73 Å². The number of nitrogens with one attached hydrogen (secondary N) is 1. The first-order valence-electron chi connectivity index (χ1n) is 5.89. The van der Waals surface area contributed by atoms with Crippen molar-refractivity contribution in [2.45, 2.75) is 19.9 Å². The largest absolute Gasteiger partial charge is 0.389 e. The van der Waals surface area contributed by atoms with E-state index in [2.05, 4.69) is 10.4 Å². The number of aromatic nitrogens is 2. The van der Waals surface area contributed by atoms with Crippen LogP contribution < -0.4 is 11.1 Å². The molecule has 0 saturated carbocycles. The highest BCUT2D eigenvalue weighted by Gasteiger charge is 2.09. The third kappa shape index (κ3) is 2.90. The fraction of sp³-hybridized carbons (Fsp3) is 0.231. The molecule has 0 atom stereocenters. The summed E-state index contributed by atoms with van der Waals surface area (Å²) in [6, 6.07) is 6.60. The highest BCUT2D eigenvalue weighted by Crippen LogP contribution is 2.22. The van der Waals surface area contributed by atoms with E-state index in [4.69, 9.17) is 18.0 Å². The molecule has 0 bridgehead atoms. The van der Waals surface area contributed by atoms with Gasteiger partial charge in [-0.1, -0.05) is 12.2 Å². The predicted molar refractivity (Wildman–Crippen MR) is 78.2 cm³/mol. The number of nitrogens with two attached hydrogens (primary N) is 1. The molecule has 0 aliphatic heterocycles. The second-order valence-electron chi connectivity index (χ2n) is 4.44. The summed E-state index contributed by atoms with van der Waals surface area (Å²) in [5.74, 6) is 0.332. The van der Waals surface area contributed by atoms with E-state index in [-0.39, 0.29) is 11.0 Å². The lowest BCUT2D eigenvalue weighted by atomic mass is 10.2. The van der Waals surface area contributed by atoms with Crippen molar-refractivity contribution in [3.8, 4) is 0 Å². The molecule has 0 amide bonds. The molecule has 0 spiro atoms. The molecule has 19 heavy (non-hydrogen) atoms. The van der Waals surface area contributed by atoms with Crippen LogP contribution in [0.4, 0.5) is 15.9 Å². The molecular formula is C13H15FN4S. The van der Waals surface area contributed by atoms with Gasteiger partial charge in [0.25, 0.3) is 0 Å². The van der Waals surface area contributed by atoms with E-state index in [9.17, 15) is 4.39 Å². The van der Waals surface area contributed by atoms with Crippen LogP contribution in [-0.4, -0.2) is 14.8 Å². The van der Waals surface area contributed by atoms with Crippen molar-refractivity contribution in [1.29, 1.82) is 0 Å². The van der Waals surface area contributed by atoms with Crippen molar-refractivity contribution >= 4 is 28.7 Å². The first kappa shape index (κ1) is 13.5. The van der Waals surface area contributed by atoms with Gasteiger partial charge in [0.05, 0.1) is 11.9 Å². The van der Waals surface area contributed by atoms with Crippen molar-refractivity contribution in [2.75, 3.05) is 5.32 Å². The smallest absolute Gasteiger partial charge is 0.147 e. The summed E-state index contributed by atoms with van der Waals surface area (Å²) in [5.41, 5.74) is 6.34. The Bertz CT molecular complexity index is 606. The van der Waals surface area contributed by atoms with Gasteiger partial charge in [-0.25, -0.2) is 9.07 Å². The summed E-state index contributed by atoms with van der Waals surface area (Å²) in [4.78, 5) is 0.178. The van der Waals surface area contributed by atoms with Gasteiger partial charge in [-0.2, -0.15) is 5.10 Å². The third-order valence-corrected chi connectivity index (χ3v) is 2.91. The Labute approximate surface area is 116 Å². The Kier molecular flexibility index (Phi) is 3.80. The lowest BCUT2D eigenvalue weighted by Crippen LogP contribution is -2.11. The SMILES string of the molecule is CC(C)n1nccc1Nc1ccc(C(N)=S)cc1F. The first-order chi connectivity index (χ1) is 8.99. The number of nitrogens with zero attached hydrogens (tertiary/aromatic N) is 2. The summed E-state index contributed by atoms with van der Waals surface area (Å²) < 4.78 is 15.7. The average Bonchev–Trinajstić information content (AvgIpc) is 2.79. The van der Waals surface area contributed by atoms with Crippen LogP contribution in [0.1, 0.15) is 25.5 Å². The minimum atomic E-state index is -0.401. The Morgan fingerprint density at radius 1 is 1.42 bits per heavy atom. The monoisotopic (exact) mass is 278 g/mol. The zero-order valence-corrected chi connectivity index (χ0v) is 11.5. The van der Waals surface area contributed by atoms with Crippen molar-refractivity contribution in [1.82, 2.24) is 9.78 Å². The average molecular weight is 278 g/mol. The quantitative estimate of drug-likeness (QED) is 0.844. The number of anilines is 2. The highest BCUT2D eigenvalue weighted by molar-refractivity contribution is 7.80. The number of rotatable bonds is 4. The fourth-order valence-electron chi connectivity index (χ4n) is 1.73. The second-order valence-corrected chi connectivity index (χ2v) is 4.88. The van der Waals surface area contributed by atoms with Gasteiger partial charge in [-0.3, -0.25) is 0 Å². The minimum absolute atomic E-state index is 0.178. The van der Waals surface area contributed by atoms with Crippen LogP contribution in [-0.2, 0) is 0 Å². The Morgan fingerprint density at radius 2 is 2.16 bits per heavy atom. The molecule has 0 radical (unpaired) electrons. The molecule has 2 aromatic rings. The van der Waals surface area contributed by atoms with Gasteiger partial charge in [-0.15, -0.1) is 0 Å². The molecule has 1 aromatic heterocycles. The summed E-state index contributed by atoms with van der Waals surface area (Å²) in [7, 11) is 0. The summed E-state index contributed by atoms with van der Waals surface area (Å²) in [6.45, 7) is 4.01. The molecule has 0 fully saturated rings. The zero-order valence-electron chi connectivity index (χ0n) is 10.7. The van der Waals surface area contributed by atoms with Gasteiger partial charge in [-0.05, 0) is 32.0 Å². The lowest BCUT2D eigenvalue weighted by Gasteiger charge is -2.13.